The number of halogens is 1. The summed E-state index contributed by atoms with van der Waals surface area (Å²) in [5, 5.41) is 18.6. The summed E-state index contributed by atoms with van der Waals surface area (Å²) < 4.78 is 19.0. The van der Waals surface area contributed by atoms with E-state index in [1.54, 1.807) is 0 Å². The zero-order chi connectivity index (χ0) is 13.3. The van der Waals surface area contributed by atoms with Crippen molar-refractivity contribution in [2.24, 2.45) is 0 Å². The number of aliphatic hydroxyl groups excluding tert-OH is 2. The normalized spacial score (nSPS) is 29.9. The summed E-state index contributed by atoms with van der Waals surface area (Å²) >= 11 is 0. The Hall–Kier alpha value is -1.77. The van der Waals surface area contributed by atoms with Crippen LogP contribution in [0.5, 0.6) is 0 Å². The fourth-order valence-corrected chi connectivity index (χ4v) is 1.77. The van der Waals surface area contributed by atoms with E-state index in [1.165, 1.54) is 12.3 Å². The highest BCUT2D eigenvalue weighted by Crippen LogP contribution is 2.33. The maximum atomic E-state index is 12.8. The molecule has 0 bridgehead atoms. The minimum Gasteiger partial charge on any atom is -0.394 e. The first-order valence-electron chi connectivity index (χ1n) is 5.17. The van der Waals surface area contributed by atoms with Crippen LogP contribution in [0.2, 0.25) is 0 Å². The van der Waals surface area contributed by atoms with Crippen LogP contribution < -0.4 is 11.4 Å². The molecule has 1 aliphatic heterocycles. The topological polar surface area (TPSA) is 111 Å². The van der Waals surface area contributed by atoms with Gasteiger partial charge in [-0.05, 0) is 6.07 Å². The monoisotopic (exact) mass is 257 g/mol. The standard InChI is InChI=1S/C10H12FN3O4/c11-3-5-8(16)6(4-15)18-9(5)14-2-1-7(12)13-10(14)17/h1-3,6,8-9,15-16H,4H2,(H2,12,13,17)/b5-3+. The van der Waals surface area contributed by atoms with Crippen LogP contribution in [-0.4, -0.2) is 38.6 Å². The Morgan fingerprint density at radius 1 is 1.67 bits per heavy atom. The maximum Gasteiger partial charge on any atom is 0.351 e. The Kier molecular flexibility index (Phi) is 3.41. The fourth-order valence-electron chi connectivity index (χ4n) is 1.77. The third-order valence-electron chi connectivity index (χ3n) is 2.69. The molecule has 1 aromatic heterocycles. The molecule has 2 rings (SSSR count). The van der Waals surface area contributed by atoms with Crippen molar-refractivity contribution in [2.75, 3.05) is 12.3 Å². The second-order valence-electron chi connectivity index (χ2n) is 3.81. The summed E-state index contributed by atoms with van der Waals surface area (Å²) in [6, 6.07) is 1.35. The van der Waals surface area contributed by atoms with Crippen LogP contribution in [0.15, 0.2) is 29.0 Å². The number of nitrogen functional groups attached to an aromatic ring is 1. The largest absolute Gasteiger partial charge is 0.394 e. The molecule has 0 radical (unpaired) electrons. The lowest BCUT2D eigenvalue weighted by molar-refractivity contribution is -0.0447. The van der Waals surface area contributed by atoms with Gasteiger partial charge in [0.1, 0.15) is 18.0 Å². The number of nitrogens with zero attached hydrogens (tertiary/aromatic N) is 2. The predicted molar refractivity (Wildman–Crippen MR) is 59.1 cm³/mol. The van der Waals surface area contributed by atoms with E-state index in [2.05, 4.69) is 4.98 Å². The van der Waals surface area contributed by atoms with Crippen molar-refractivity contribution in [3.05, 3.63) is 34.7 Å². The summed E-state index contributed by atoms with van der Waals surface area (Å²) in [4.78, 5) is 15.1. The molecule has 98 valence electrons. The van der Waals surface area contributed by atoms with Gasteiger partial charge in [-0.1, -0.05) is 0 Å². The number of hydrogen-bond acceptors (Lipinski definition) is 6. The minimum absolute atomic E-state index is 0.0271. The average molecular weight is 257 g/mol. The lowest BCUT2D eigenvalue weighted by Crippen LogP contribution is -2.28. The van der Waals surface area contributed by atoms with Crippen LogP contribution in [0.1, 0.15) is 6.23 Å². The van der Waals surface area contributed by atoms with Gasteiger partial charge in [0, 0.05) is 11.8 Å². The van der Waals surface area contributed by atoms with Gasteiger partial charge in [-0.2, -0.15) is 4.98 Å². The molecule has 0 spiro atoms. The minimum atomic E-state index is -1.31. The van der Waals surface area contributed by atoms with Crippen molar-refractivity contribution >= 4 is 5.82 Å². The first-order valence-corrected chi connectivity index (χ1v) is 5.17. The van der Waals surface area contributed by atoms with Gasteiger partial charge in [0.2, 0.25) is 0 Å². The SMILES string of the molecule is Nc1ccn(C2OC(CO)C(O)/C2=C\F)c(=O)n1. The predicted octanol–water partition coefficient (Wildman–Crippen LogP) is -1.07. The molecule has 18 heavy (non-hydrogen) atoms. The van der Waals surface area contributed by atoms with E-state index in [0.29, 0.717) is 0 Å². The van der Waals surface area contributed by atoms with E-state index in [1.807, 2.05) is 0 Å². The molecular weight excluding hydrogens is 245 g/mol. The Bertz CT molecular complexity index is 530. The summed E-state index contributed by atoms with van der Waals surface area (Å²) in [6.45, 7) is -0.494. The molecule has 1 aliphatic rings. The Labute approximate surface area is 101 Å². The van der Waals surface area contributed by atoms with Crippen molar-refractivity contribution in [1.29, 1.82) is 0 Å². The molecular formula is C10H12FN3O4. The highest BCUT2D eigenvalue weighted by Gasteiger charge is 2.40. The van der Waals surface area contributed by atoms with Crippen LogP contribution in [0.3, 0.4) is 0 Å². The molecule has 0 saturated carbocycles. The highest BCUT2D eigenvalue weighted by atomic mass is 19.1. The van der Waals surface area contributed by atoms with E-state index in [-0.39, 0.29) is 17.7 Å². The van der Waals surface area contributed by atoms with Gasteiger partial charge >= 0.3 is 5.69 Å². The lowest BCUT2D eigenvalue weighted by atomic mass is 10.1. The molecule has 2 heterocycles. The van der Waals surface area contributed by atoms with E-state index >= 15 is 0 Å². The molecule has 3 unspecified atom stereocenters. The zero-order valence-electron chi connectivity index (χ0n) is 9.23. The van der Waals surface area contributed by atoms with E-state index in [4.69, 9.17) is 15.6 Å². The van der Waals surface area contributed by atoms with Crippen molar-refractivity contribution in [1.82, 2.24) is 9.55 Å². The number of aromatic nitrogens is 2. The summed E-state index contributed by atoms with van der Waals surface area (Å²) in [5.74, 6) is 0.0271. The fraction of sp³-hybridized carbons (Fsp3) is 0.400. The lowest BCUT2D eigenvalue weighted by Gasteiger charge is -2.14. The van der Waals surface area contributed by atoms with Crippen LogP contribution in [0.25, 0.3) is 0 Å². The molecule has 4 N–H and O–H groups in total. The number of ether oxygens (including phenoxy) is 1. The molecule has 1 saturated heterocycles. The van der Waals surface area contributed by atoms with Gasteiger partial charge < -0.3 is 20.7 Å². The van der Waals surface area contributed by atoms with Crippen LogP contribution in [0, 0.1) is 0 Å². The van der Waals surface area contributed by atoms with Gasteiger partial charge in [-0.3, -0.25) is 4.57 Å². The highest BCUT2D eigenvalue weighted by molar-refractivity contribution is 5.25. The Morgan fingerprint density at radius 2 is 2.39 bits per heavy atom. The van der Waals surface area contributed by atoms with Crippen molar-refractivity contribution in [2.45, 2.75) is 18.4 Å². The van der Waals surface area contributed by atoms with Crippen LogP contribution >= 0.6 is 0 Å². The van der Waals surface area contributed by atoms with Gasteiger partial charge in [0.15, 0.2) is 6.23 Å². The molecule has 7 nitrogen and oxygen atoms in total. The van der Waals surface area contributed by atoms with E-state index in [0.717, 1.165) is 4.57 Å². The Morgan fingerprint density at radius 3 is 2.94 bits per heavy atom. The van der Waals surface area contributed by atoms with E-state index < -0.39 is 30.7 Å². The molecule has 0 aromatic carbocycles. The number of anilines is 1. The summed E-state index contributed by atoms with van der Waals surface area (Å²) in [5.41, 5.74) is 4.45. The number of hydrogen-bond donors (Lipinski definition) is 3. The van der Waals surface area contributed by atoms with Gasteiger partial charge in [-0.25, -0.2) is 9.18 Å². The smallest absolute Gasteiger partial charge is 0.351 e. The van der Waals surface area contributed by atoms with Crippen molar-refractivity contribution in [3.63, 3.8) is 0 Å². The second kappa shape index (κ2) is 4.84. The third kappa shape index (κ3) is 2.01. The van der Waals surface area contributed by atoms with E-state index in [9.17, 15) is 14.3 Å². The van der Waals surface area contributed by atoms with Crippen LogP contribution in [0.4, 0.5) is 10.2 Å². The van der Waals surface area contributed by atoms with Crippen LogP contribution in [-0.2, 0) is 4.74 Å². The summed E-state index contributed by atoms with van der Waals surface area (Å²) in [7, 11) is 0. The number of rotatable bonds is 2. The zero-order valence-corrected chi connectivity index (χ0v) is 9.23. The first-order chi connectivity index (χ1) is 8.58. The molecule has 1 aromatic rings. The molecule has 3 atom stereocenters. The average Bonchev–Trinajstić information content (AvgIpc) is 2.65. The number of nitrogens with two attached hydrogens (primary N) is 1. The molecule has 0 aliphatic carbocycles. The van der Waals surface area contributed by atoms with Crippen molar-refractivity contribution < 1.29 is 19.3 Å². The molecule has 8 heteroatoms. The maximum absolute atomic E-state index is 12.8. The first kappa shape index (κ1) is 12.7. The van der Waals surface area contributed by atoms with Gasteiger partial charge in [-0.15, -0.1) is 0 Å². The quantitative estimate of drug-likeness (QED) is 0.622. The Balaban J connectivity index is 2.41. The van der Waals surface area contributed by atoms with Crippen molar-refractivity contribution in [3.8, 4) is 0 Å². The summed E-state index contributed by atoms with van der Waals surface area (Å²) in [6.07, 6.45) is -1.99. The third-order valence-corrected chi connectivity index (χ3v) is 2.69. The molecule has 1 fully saturated rings. The second-order valence-corrected chi connectivity index (χ2v) is 3.81. The van der Waals surface area contributed by atoms with Gasteiger partial charge in [0.25, 0.3) is 0 Å². The number of aliphatic hydroxyl groups is 2. The molecule has 0 amide bonds. The van der Waals surface area contributed by atoms with Gasteiger partial charge in [0.05, 0.1) is 12.9 Å².